The number of carbonyl (C=O) groups is 1. The fourth-order valence-electron chi connectivity index (χ4n) is 3.98. The molecule has 1 amide bonds. The average Bonchev–Trinajstić information content (AvgIpc) is 3.13. The molecule has 0 spiro atoms. The van der Waals surface area contributed by atoms with Crippen molar-refractivity contribution in [2.24, 2.45) is 0 Å². The molecule has 0 saturated heterocycles. The lowest BCUT2D eigenvalue weighted by molar-refractivity contribution is -0.121. The molecule has 0 radical (unpaired) electrons. The van der Waals surface area contributed by atoms with Crippen LogP contribution in [0, 0.1) is 0 Å². The molecule has 0 bridgehead atoms. The van der Waals surface area contributed by atoms with Gasteiger partial charge in [0.1, 0.15) is 5.58 Å². The zero-order valence-electron chi connectivity index (χ0n) is 13.0. The van der Waals surface area contributed by atoms with Crippen molar-refractivity contribution >= 4 is 16.9 Å². The summed E-state index contributed by atoms with van der Waals surface area (Å²) in [5, 5.41) is 4.32. The van der Waals surface area contributed by atoms with Crippen molar-refractivity contribution in [1.29, 1.82) is 0 Å². The Morgan fingerprint density at radius 2 is 1.86 bits per heavy atom. The number of aryl methyl sites for hydroxylation is 2. The minimum atomic E-state index is 0.134. The number of amides is 1. The molecule has 0 aliphatic heterocycles. The molecule has 2 aliphatic rings. The van der Waals surface area contributed by atoms with Gasteiger partial charge >= 0.3 is 0 Å². The van der Waals surface area contributed by atoms with Crippen molar-refractivity contribution in [2.75, 3.05) is 0 Å². The summed E-state index contributed by atoms with van der Waals surface area (Å²) in [6, 6.07) is 4.79. The summed E-state index contributed by atoms with van der Waals surface area (Å²) in [7, 11) is 0. The largest absolute Gasteiger partial charge is 0.464 e. The van der Waals surface area contributed by atoms with E-state index >= 15 is 0 Å². The molecule has 1 heterocycles. The number of rotatable bonds is 3. The van der Waals surface area contributed by atoms with Gasteiger partial charge in [-0.3, -0.25) is 4.79 Å². The van der Waals surface area contributed by atoms with E-state index in [4.69, 9.17) is 4.42 Å². The predicted molar refractivity (Wildman–Crippen MR) is 87.0 cm³/mol. The molecule has 116 valence electrons. The van der Waals surface area contributed by atoms with E-state index < -0.39 is 0 Å². The van der Waals surface area contributed by atoms with E-state index in [-0.39, 0.29) is 5.91 Å². The number of furan rings is 1. The van der Waals surface area contributed by atoms with Crippen LogP contribution in [0.5, 0.6) is 0 Å². The van der Waals surface area contributed by atoms with Gasteiger partial charge in [-0.2, -0.15) is 0 Å². The van der Waals surface area contributed by atoms with E-state index in [1.54, 1.807) is 6.26 Å². The summed E-state index contributed by atoms with van der Waals surface area (Å²) >= 11 is 0. The number of benzene rings is 1. The monoisotopic (exact) mass is 297 g/mol. The lowest BCUT2D eigenvalue weighted by atomic mass is 9.95. The summed E-state index contributed by atoms with van der Waals surface area (Å²) < 4.78 is 5.69. The Bertz CT molecular complexity index is 695. The first-order valence-corrected chi connectivity index (χ1v) is 8.61. The Kier molecular flexibility index (Phi) is 3.65. The highest BCUT2D eigenvalue weighted by Crippen LogP contribution is 2.30. The van der Waals surface area contributed by atoms with Gasteiger partial charge in [-0.15, -0.1) is 0 Å². The number of hydrogen-bond acceptors (Lipinski definition) is 2. The van der Waals surface area contributed by atoms with E-state index in [0.717, 1.165) is 42.2 Å². The molecule has 3 nitrogen and oxygen atoms in total. The first kappa shape index (κ1) is 13.9. The first-order valence-electron chi connectivity index (χ1n) is 8.61. The van der Waals surface area contributed by atoms with Crippen molar-refractivity contribution in [1.82, 2.24) is 5.32 Å². The zero-order chi connectivity index (χ0) is 14.9. The second kappa shape index (κ2) is 5.79. The molecule has 1 fully saturated rings. The van der Waals surface area contributed by atoms with Crippen LogP contribution in [0.2, 0.25) is 0 Å². The lowest BCUT2D eigenvalue weighted by Crippen LogP contribution is -2.37. The number of fused-ring (bicyclic) bond motifs is 2. The molecule has 1 N–H and O–H groups in total. The van der Waals surface area contributed by atoms with Crippen molar-refractivity contribution in [2.45, 2.75) is 63.8 Å². The summed E-state index contributed by atoms with van der Waals surface area (Å²) in [5.41, 5.74) is 4.81. The number of carbonyl (C=O) groups excluding carboxylic acids is 1. The van der Waals surface area contributed by atoms with Gasteiger partial charge in [0, 0.05) is 17.0 Å². The Hall–Kier alpha value is -1.77. The highest BCUT2D eigenvalue weighted by Gasteiger charge is 2.19. The van der Waals surface area contributed by atoms with Gasteiger partial charge in [0.25, 0.3) is 0 Å². The molecule has 1 aromatic carbocycles. The molecule has 2 aromatic rings. The highest BCUT2D eigenvalue weighted by molar-refractivity contribution is 5.88. The quantitative estimate of drug-likeness (QED) is 0.933. The zero-order valence-corrected chi connectivity index (χ0v) is 13.0. The minimum Gasteiger partial charge on any atom is -0.464 e. The molecule has 0 atom stereocenters. The van der Waals surface area contributed by atoms with Crippen LogP contribution in [0.4, 0.5) is 0 Å². The topological polar surface area (TPSA) is 42.2 Å². The van der Waals surface area contributed by atoms with Crippen LogP contribution in [0.25, 0.3) is 11.0 Å². The van der Waals surface area contributed by atoms with Gasteiger partial charge in [0.2, 0.25) is 5.91 Å². The maximum absolute atomic E-state index is 12.3. The van der Waals surface area contributed by atoms with E-state index in [1.807, 2.05) is 0 Å². The van der Waals surface area contributed by atoms with Crippen molar-refractivity contribution in [3.63, 3.8) is 0 Å². The maximum atomic E-state index is 12.3. The molecular formula is C19H23NO2. The molecule has 2 aliphatic carbocycles. The van der Waals surface area contributed by atoms with E-state index in [2.05, 4.69) is 17.4 Å². The standard InChI is InChI=1S/C19H23NO2/c21-19(20-16-7-2-1-3-8-16)11-15-12-22-18-10-14-6-4-5-13(14)9-17(15)18/h9-10,12,16H,1-8,11H2,(H,20,21). The summed E-state index contributed by atoms with van der Waals surface area (Å²) in [6.45, 7) is 0. The van der Waals surface area contributed by atoms with Gasteiger partial charge in [-0.1, -0.05) is 19.3 Å². The van der Waals surface area contributed by atoms with Crippen LogP contribution < -0.4 is 5.32 Å². The normalized spacial score (nSPS) is 18.5. The fourth-order valence-corrected chi connectivity index (χ4v) is 3.98. The van der Waals surface area contributed by atoms with Crippen molar-refractivity contribution in [3.8, 4) is 0 Å². The van der Waals surface area contributed by atoms with Crippen molar-refractivity contribution < 1.29 is 9.21 Å². The molecule has 22 heavy (non-hydrogen) atoms. The number of hydrogen-bond donors (Lipinski definition) is 1. The van der Waals surface area contributed by atoms with Crippen LogP contribution >= 0.6 is 0 Å². The SMILES string of the molecule is O=C(Cc1coc2cc3c(cc12)CCC3)NC1CCCCC1. The summed E-state index contributed by atoms with van der Waals surface area (Å²) in [6.07, 6.45) is 11.8. The van der Waals surface area contributed by atoms with Crippen LogP contribution in [-0.2, 0) is 24.1 Å². The first-order chi connectivity index (χ1) is 10.8. The number of nitrogens with one attached hydrogen (secondary N) is 1. The van der Waals surface area contributed by atoms with Crippen LogP contribution in [-0.4, -0.2) is 11.9 Å². The smallest absolute Gasteiger partial charge is 0.224 e. The van der Waals surface area contributed by atoms with Gasteiger partial charge in [0.15, 0.2) is 0 Å². The van der Waals surface area contributed by atoms with Gasteiger partial charge in [0.05, 0.1) is 12.7 Å². The Labute approximate surface area is 131 Å². The molecule has 4 rings (SSSR count). The average molecular weight is 297 g/mol. The Morgan fingerprint density at radius 3 is 2.68 bits per heavy atom. The van der Waals surface area contributed by atoms with Crippen LogP contribution in [0.15, 0.2) is 22.8 Å². The highest BCUT2D eigenvalue weighted by atomic mass is 16.3. The van der Waals surface area contributed by atoms with E-state index in [0.29, 0.717) is 12.5 Å². The molecule has 1 aromatic heterocycles. The van der Waals surface area contributed by atoms with E-state index in [9.17, 15) is 4.79 Å². The van der Waals surface area contributed by atoms with Gasteiger partial charge in [-0.05, 0) is 55.4 Å². The second-order valence-corrected chi connectivity index (χ2v) is 6.81. The summed E-state index contributed by atoms with van der Waals surface area (Å²) in [4.78, 5) is 12.3. The predicted octanol–water partition coefficient (Wildman–Crippen LogP) is 3.91. The van der Waals surface area contributed by atoms with Crippen LogP contribution in [0.3, 0.4) is 0 Å². The van der Waals surface area contributed by atoms with Gasteiger partial charge in [-0.25, -0.2) is 0 Å². The third-order valence-corrected chi connectivity index (χ3v) is 5.19. The molecular weight excluding hydrogens is 274 g/mol. The molecule has 3 heteroatoms. The fraction of sp³-hybridized carbons (Fsp3) is 0.526. The second-order valence-electron chi connectivity index (χ2n) is 6.81. The minimum absolute atomic E-state index is 0.134. The van der Waals surface area contributed by atoms with Gasteiger partial charge < -0.3 is 9.73 Å². The Morgan fingerprint density at radius 1 is 1.09 bits per heavy atom. The van der Waals surface area contributed by atoms with Crippen LogP contribution in [0.1, 0.15) is 55.2 Å². The lowest BCUT2D eigenvalue weighted by Gasteiger charge is -2.22. The Balaban J connectivity index is 1.50. The van der Waals surface area contributed by atoms with Crippen molar-refractivity contribution in [3.05, 3.63) is 35.1 Å². The molecule has 1 saturated carbocycles. The van der Waals surface area contributed by atoms with E-state index in [1.165, 1.54) is 36.8 Å². The maximum Gasteiger partial charge on any atom is 0.224 e. The third-order valence-electron chi connectivity index (χ3n) is 5.19. The third kappa shape index (κ3) is 2.65. The molecule has 0 unspecified atom stereocenters. The summed E-state index contributed by atoms with van der Waals surface area (Å²) in [5.74, 6) is 0.134.